The molecule has 0 atom stereocenters. The van der Waals surface area contributed by atoms with Gasteiger partial charge in [0.25, 0.3) is 0 Å². The topological polar surface area (TPSA) is 64.1 Å². The van der Waals surface area contributed by atoms with Gasteiger partial charge < -0.3 is 0 Å². The number of sulfone groups is 1. The Kier molecular flexibility index (Phi) is 3.44. The van der Waals surface area contributed by atoms with Gasteiger partial charge in [-0.15, -0.1) is 0 Å². The van der Waals surface area contributed by atoms with Crippen LogP contribution in [0.5, 0.6) is 0 Å². The zero-order chi connectivity index (χ0) is 14.0. The third kappa shape index (κ3) is 2.85. The molecule has 0 fully saturated rings. The summed E-state index contributed by atoms with van der Waals surface area (Å²) in [7, 11) is -3.31. The monoisotopic (exact) mass is 279 g/mol. The van der Waals surface area contributed by atoms with E-state index in [1.54, 1.807) is 0 Å². The second kappa shape index (κ2) is 4.89. The number of hydrogen-bond donors (Lipinski definition) is 0. The Balaban J connectivity index is 2.39. The van der Waals surface area contributed by atoms with E-state index < -0.39 is 21.4 Å². The quantitative estimate of drug-likeness (QED) is 0.804. The summed E-state index contributed by atoms with van der Waals surface area (Å²) in [5.74, 6) is -1.22. The second-order valence-corrected chi connectivity index (χ2v) is 6.00. The van der Waals surface area contributed by atoms with Gasteiger partial charge in [-0.2, -0.15) is 0 Å². The van der Waals surface area contributed by atoms with Gasteiger partial charge in [-0.3, -0.25) is 9.78 Å². The maximum atomic E-state index is 13.4. The number of ketones is 1. The minimum atomic E-state index is -3.31. The number of nitrogens with zero attached hydrogens (tertiary/aromatic N) is 1. The first-order chi connectivity index (χ1) is 8.89. The highest BCUT2D eigenvalue weighted by Crippen LogP contribution is 2.15. The van der Waals surface area contributed by atoms with Gasteiger partial charge >= 0.3 is 0 Å². The predicted molar refractivity (Wildman–Crippen MR) is 67.2 cm³/mol. The molecule has 0 radical (unpaired) electrons. The van der Waals surface area contributed by atoms with Crippen molar-refractivity contribution in [2.24, 2.45) is 0 Å². The van der Waals surface area contributed by atoms with Crippen molar-refractivity contribution in [1.82, 2.24) is 4.98 Å². The van der Waals surface area contributed by atoms with E-state index in [1.807, 2.05) is 0 Å². The van der Waals surface area contributed by atoms with Crippen LogP contribution in [0.25, 0.3) is 0 Å². The van der Waals surface area contributed by atoms with Crippen LogP contribution in [0.2, 0.25) is 0 Å². The lowest BCUT2D eigenvalue weighted by atomic mass is 10.0. The first-order valence-corrected chi connectivity index (χ1v) is 7.23. The molecule has 1 aromatic carbocycles. The molecule has 19 heavy (non-hydrogen) atoms. The number of benzene rings is 1. The number of hydrogen-bond acceptors (Lipinski definition) is 4. The number of carbonyl (C=O) groups is 1. The lowest BCUT2D eigenvalue weighted by molar-refractivity contribution is 0.103. The normalized spacial score (nSPS) is 11.3. The molecule has 0 saturated heterocycles. The molecule has 1 aromatic heterocycles. The molecule has 0 spiro atoms. The summed E-state index contributed by atoms with van der Waals surface area (Å²) in [4.78, 5) is 15.7. The van der Waals surface area contributed by atoms with Crippen LogP contribution in [0.15, 0.2) is 47.6 Å². The van der Waals surface area contributed by atoms with Crippen LogP contribution in [-0.2, 0) is 9.84 Å². The minimum Gasteiger partial charge on any atom is -0.288 e. The SMILES string of the molecule is CS(=O)(=O)c1ccc(C(=O)c2ccncc2F)cc1. The summed E-state index contributed by atoms with van der Waals surface area (Å²) in [6.45, 7) is 0. The third-order valence-corrected chi connectivity index (χ3v) is 3.69. The van der Waals surface area contributed by atoms with Crippen LogP contribution in [0, 0.1) is 5.82 Å². The van der Waals surface area contributed by atoms with E-state index in [4.69, 9.17) is 0 Å². The summed E-state index contributed by atoms with van der Waals surface area (Å²) in [5.41, 5.74) is 0.125. The number of pyridine rings is 1. The average molecular weight is 279 g/mol. The van der Waals surface area contributed by atoms with Crippen molar-refractivity contribution in [3.8, 4) is 0 Å². The smallest absolute Gasteiger partial charge is 0.196 e. The van der Waals surface area contributed by atoms with Gasteiger partial charge in [-0.25, -0.2) is 12.8 Å². The standard InChI is InChI=1S/C13H10FNO3S/c1-19(17,18)10-4-2-9(3-5-10)13(16)11-6-7-15-8-12(11)14/h2-8H,1H3. The van der Waals surface area contributed by atoms with E-state index in [1.165, 1.54) is 36.5 Å². The van der Waals surface area contributed by atoms with Gasteiger partial charge in [-0.1, -0.05) is 0 Å². The lowest BCUT2D eigenvalue weighted by Gasteiger charge is -2.03. The van der Waals surface area contributed by atoms with Crippen molar-refractivity contribution < 1.29 is 17.6 Å². The summed E-state index contributed by atoms with van der Waals surface area (Å²) >= 11 is 0. The van der Waals surface area contributed by atoms with Crippen molar-refractivity contribution in [1.29, 1.82) is 0 Å². The van der Waals surface area contributed by atoms with Gasteiger partial charge in [0.15, 0.2) is 21.4 Å². The molecule has 0 saturated carbocycles. The van der Waals surface area contributed by atoms with Gasteiger partial charge in [0.05, 0.1) is 16.7 Å². The Morgan fingerprint density at radius 2 is 1.79 bits per heavy atom. The Labute approximate surface area is 109 Å². The fourth-order valence-electron chi connectivity index (χ4n) is 1.57. The Morgan fingerprint density at radius 3 is 2.32 bits per heavy atom. The Morgan fingerprint density at radius 1 is 1.16 bits per heavy atom. The number of aromatic nitrogens is 1. The highest BCUT2D eigenvalue weighted by Gasteiger charge is 2.14. The molecule has 98 valence electrons. The molecule has 0 N–H and O–H groups in total. The lowest BCUT2D eigenvalue weighted by Crippen LogP contribution is -2.05. The fraction of sp³-hybridized carbons (Fsp3) is 0.0769. The van der Waals surface area contributed by atoms with Crippen molar-refractivity contribution in [2.45, 2.75) is 4.90 Å². The zero-order valence-electron chi connectivity index (χ0n) is 10.00. The van der Waals surface area contributed by atoms with Crippen molar-refractivity contribution in [2.75, 3.05) is 6.26 Å². The maximum Gasteiger partial charge on any atom is 0.196 e. The molecule has 0 amide bonds. The van der Waals surface area contributed by atoms with E-state index in [0.717, 1.165) is 12.5 Å². The first-order valence-electron chi connectivity index (χ1n) is 5.34. The molecule has 2 rings (SSSR count). The third-order valence-electron chi connectivity index (χ3n) is 2.56. The van der Waals surface area contributed by atoms with Gasteiger partial charge in [0, 0.05) is 18.0 Å². The van der Waals surface area contributed by atoms with Gasteiger partial charge in [0.1, 0.15) is 0 Å². The van der Waals surface area contributed by atoms with Gasteiger partial charge in [-0.05, 0) is 30.3 Å². The van der Waals surface area contributed by atoms with E-state index in [-0.39, 0.29) is 16.0 Å². The van der Waals surface area contributed by atoms with Crippen LogP contribution in [-0.4, -0.2) is 25.4 Å². The fourth-order valence-corrected chi connectivity index (χ4v) is 2.20. The van der Waals surface area contributed by atoms with Crippen LogP contribution >= 0.6 is 0 Å². The van der Waals surface area contributed by atoms with Crippen molar-refractivity contribution in [3.63, 3.8) is 0 Å². The largest absolute Gasteiger partial charge is 0.288 e. The van der Waals surface area contributed by atoms with Crippen LogP contribution in [0.1, 0.15) is 15.9 Å². The summed E-state index contributed by atoms with van der Waals surface area (Å²) in [6, 6.07) is 6.64. The number of carbonyl (C=O) groups excluding carboxylic acids is 1. The van der Waals surface area contributed by atoms with E-state index in [9.17, 15) is 17.6 Å². The molecular formula is C13H10FNO3S. The summed E-state index contributed by atoms with van der Waals surface area (Å²) in [5, 5.41) is 0. The molecular weight excluding hydrogens is 269 g/mol. The minimum absolute atomic E-state index is 0.0953. The van der Waals surface area contributed by atoms with Crippen LogP contribution in [0.4, 0.5) is 4.39 Å². The first kappa shape index (κ1) is 13.4. The van der Waals surface area contributed by atoms with Crippen molar-refractivity contribution in [3.05, 3.63) is 59.7 Å². The molecule has 0 aliphatic heterocycles. The van der Waals surface area contributed by atoms with E-state index in [2.05, 4.69) is 4.98 Å². The molecule has 6 heteroatoms. The zero-order valence-corrected chi connectivity index (χ0v) is 10.8. The summed E-state index contributed by atoms with van der Waals surface area (Å²) < 4.78 is 36.0. The molecule has 0 unspecified atom stereocenters. The highest BCUT2D eigenvalue weighted by molar-refractivity contribution is 7.90. The van der Waals surface area contributed by atoms with Crippen LogP contribution < -0.4 is 0 Å². The second-order valence-electron chi connectivity index (χ2n) is 3.98. The highest BCUT2D eigenvalue weighted by atomic mass is 32.2. The van der Waals surface area contributed by atoms with Crippen molar-refractivity contribution >= 4 is 15.6 Å². The summed E-state index contributed by atoms with van der Waals surface area (Å²) in [6.07, 6.45) is 3.35. The maximum absolute atomic E-state index is 13.4. The molecule has 0 aliphatic carbocycles. The van der Waals surface area contributed by atoms with E-state index in [0.29, 0.717) is 0 Å². The molecule has 0 aliphatic rings. The molecule has 0 bridgehead atoms. The van der Waals surface area contributed by atoms with Gasteiger partial charge in [0.2, 0.25) is 0 Å². The van der Waals surface area contributed by atoms with E-state index >= 15 is 0 Å². The molecule has 1 heterocycles. The average Bonchev–Trinajstić information content (AvgIpc) is 2.38. The Bertz CT molecular complexity index is 724. The predicted octanol–water partition coefficient (Wildman–Crippen LogP) is 1.86. The van der Waals surface area contributed by atoms with Crippen LogP contribution in [0.3, 0.4) is 0 Å². The Hall–Kier alpha value is -2.08. The number of rotatable bonds is 3. The molecule has 2 aromatic rings. The number of halogens is 1. The molecule has 4 nitrogen and oxygen atoms in total.